The highest BCUT2D eigenvalue weighted by molar-refractivity contribution is 5.82. The number of carbonyl (C=O) groups excluding carboxylic acids is 1. The fraction of sp³-hybridized carbons (Fsp3) is 0.333. The van der Waals surface area contributed by atoms with Crippen molar-refractivity contribution in [2.75, 3.05) is 6.54 Å². The Hall–Kier alpha value is -3.06. The van der Waals surface area contributed by atoms with Crippen LogP contribution in [0.3, 0.4) is 0 Å². The average Bonchev–Trinajstić information content (AvgIpc) is 3.11. The van der Waals surface area contributed by atoms with Crippen LogP contribution >= 0.6 is 0 Å². The third-order valence-corrected chi connectivity index (χ3v) is 4.34. The fourth-order valence-corrected chi connectivity index (χ4v) is 2.84. The minimum Gasteiger partial charge on any atom is -0.351 e. The number of amides is 1. The molecule has 2 aromatic heterocycles. The third-order valence-electron chi connectivity index (χ3n) is 4.34. The van der Waals surface area contributed by atoms with E-state index in [2.05, 4.69) is 20.6 Å². The Morgan fingerprint density at radius 2 is 2.11 bits per heavy atom. The van der Waals surface area contributed by atoms with Crippen LogP contribution in [0.25, 0.3) is 11.3 Å². The smallest absolute Gasteiger partial charge is 0.351 e. The van der Waals surface area contributed by atoms with Crippen LogP contribution in [0.4, 0.5) is 17.6 Å². The van der Waals surface area contributed by atoms with Gasteiger partial charge in [-0.25, -0.2) is 4.39 Å². The molecule has 0 radical (unpaired) electrons. The molecule has 146 valence electrons. The number of nitrogens with one attached hydrogen (secondary N) is 2. The minimum absolute atomic E-state index is 0.0454. The maximum Gasteiger partial charge on any atom is 0.433 e. The van der Waals surface area contributed by atoms with Crippen LogP contribution in [0.2, 0.25) is 0 Å². The van der Waals surface area contributed by atoms with Crippen molar-refractivity contribution in [1.82, 2.24) is 20.6 Å². The van der Waals surface area contributed by atoms with E-state index in [9.17, 15) is 27.6 Å². The summed E-state index contributed by atoms with van der Waals surface area (Å²) in [7, 11) is 0. The molecule has 2 aromatic rings. The summed E-state index contributed by atoms with van der Waals surface area (Å²) in [5.41, 5.74) is 0.203. The summed E-state index contributed by atoms with van der Waals surface area (Å²) >= 11 is 0. The predicted octanol–water partition coefficient (Wildman–Crippen LogP) is 2.35. The molecule has 1 fully saturated rings. The van der Waals surface area contributed by atoms with E-state index in [-0.39, 0.29) is 18.5 Å². The number of carbonyl (C=O) groups is 1. The minimum atomic E-state index is -4.55. The van der Waals surface area contributed by atoms with Crippen LogP contribution in [0.5, 0.6) is 0 Å². The summed E-state index contributed by atoms with van der Waals surface area (Å²) in [5, 5.41) is 14.5. The number of alkyl halides is 4. The van der Waals surface area contributed by atoms with E-state index < -0.39 is 30.0 Å². The SMILES string of the molecule is N#Cc1cnc(-c2ccc(C(F)(F)F)nc2)cc1CNC(=O)C1NCCC1F. The summed E-state index contributed by atoms with van der Waals surface area (Å²) in [6, 6.07) is 4.54. The molecule has 0 saturated carbocycles. The van der Waals surface area contributed by atoms with Crippen molar-refractivity contribution in [3.05, 3.63) is 47.4 Å². The molecule has 3 heterocycles. The van der Waals surface area contributed by atoms with E-state index in [1.54, 1.807) is 0 Å². The Kier molecular flexibility index (Phi) is 5.56. The lowest BCUT2D eigenvalue weighted by molar-refractivity contribution is -0.141. The van der Waals surface area contributed by atoms with Gasteiger partial charge in [-0.05, 0) is 36.7 Å². The van der Waals surface area contributed by atoms with Gasteiger partial charge in [0.15, 0.2) is 0 Å². The van der Waals surface area contributed by atoms with Crippen LogP contribution in [-0.4, -0.2) is 34.6 Å². The van der Waals surface area contributed by atoms with Crippen molar-refractivity contribution in [2.24, 2.45) is 0 Å². The quantitative estimate of drug-likeness (QED) is 0.779. The van der Waals surface area contributed by atoms with Gasteiger partial charge < -0.3 is 10.6 Å². The lowest BCUT2D eigenvalue weighted by Gasteiger charge is -2.14. The summed E-state index contributed by atoms with van der Waals surface area (Å²) < 4.78 is 51.5. The number of nitrogens with zero attached hydrogens (tertiary/aromatic N) is 3. The third kappa shape index (κ3) is 4.26. The van der Waals surface area contributed by atoms with Crippen LogP contribution in [0.15, 0.2) is 30.6 Å². The Labute approximate surface area is 157 Å². The number of pyridine rings is 2. The zero-order chi connectivity index (χ0) is 20.3. The molecule has 0 aliphatic carbocycles. The molecule has 1 aliphatic heterocycles. The Balaban J connectivity index is 1.78. The first-order valence-electron chi connectivity index (χ1n) is 8.37. The first kappa shape index (κ1) is 19.7. The molecule has 1 aliphatic rings. The summed E-state index contributed by atoms with van der Waals surface area (Å²) in [6.45, 7) is 0.360. The van der Waals surface area contributed by atoms with Crippen molar-refractivity contribution in [2.45, 2.75) is 31.4 Å². The number of hydrogen-bond acceptors (Lipinski definition) is 5. The molecule has 2 atom stereocenters. The van der Waals surface area contributed by atoms with E-state index in [1.165, 1.54) is 18.3 Å². The maximum atomic E-state index is 13.6. The number of hydrogen-bond donors (Lipinski definition) is 2. The van der Waals surface area contributed by atoms with Crippen molar-refractivity contribution < 1.29 is 22.4 Å². The van der Waals surface area contributed by atoms with E-state index in [4.69, 9.17) is 0 Å². The predicted molar refractivity (Wildman–Crippen MR) is 90.3 cm³/mol. The van der Waals surface area contributed by atoms with Gasteiger partial charge in [0.1, 0.15) is 24.0 Å². The van der Waals surface area contributed by atoms with Crippen LogP contribution in [-0.2, 0) is 17.5 Å². The highest BCUT2D eigenvalue weighted by Gasteiger charge is 2.33. The standard InChI is InChI=1S/C18H15F4N5O/c19-13-3-4-24-16(13)17(28)27-8-11-5-14(25-9-12(11)6-23)10-1-2-15(26-7-10)18(20,21)22/h1-2,5,7,9,13,16,24H,3-4,8H2,(H,27,28). The van der Waals surface area contributed by atoms with E-state index in [0.717, 1.165) is 12.3 Å². The largest absolute Gasteiger partial charge is 0.433 e. The molecule has 10 heteroatoms. The molecular weight excluding hydrogens is 378 g/mol. The summed E-state index contributed by atoms with van der Waals surface area (Å²) in [4.78, 5) is 19.5. The van der Waals surface area contributed by atoms with E-state index in [1.807, 2.05) is 6.07 Å². The van der Waals surface area contributed by atoms with Gasteiger partial charge in [0.25, 0.3) is 0 Å². The molecule has 3 rings (SSSR count). The van der Waals surface area contributed by atoms with Gasteiger partial charge in [0, 0.05) is 24.5 Å². The fourth-order valence-electron chi connectivity index (χ4n) is 2.84. The van der Waals surface area contributed by atoms with Gasteiger partial charge in [-0.1, -0.05) is 0 Å². The lowest BCUT2D eigenvalue weighted by atomic mass is 10.1. The molecule has 2 N–H and O–H groups in total. The topological polar surface area (TPSA) is 90.7 Å². The van der Waals surface area contributed by atoms with Crippen molar-refractivity contribution in [1.29, 1.82) is 5.26 Å². The zero-order valence-electron chi connectivity index (χ0n) is 14.4. The first-order chi connectivity index (χ1) is 13.3. The Bertz CT molecular complexity index is 908. The molecule has 0 spiro atoms. The number of rotatable bonds is 4. The van der Waals surface area contributed by atoms with Gasteiger partial charge in [-0.2, -0.15) is 18.4 Å². The number of halogens is 4. The van der Waals surface area contributed by atoms with Crippen LogP contribution < -0.4 is 10.6 Å². The number of aromatic nitrogens is 2. The normalized spacial score (nSPS) is 19.2. The van der Waals surface area contributed by atoms with Crippen LogP contribution in [0, 0.1) is 11.3 Å². The molecule has 0 bridgehead atoms. The Morgan fingerprint density at radius 3 is 2.68 bits per heavy atom. The summed E-state index contributed by atoms with van der Waals surface area (Å²) in [6.07, 6.45) is -3.27. The molecule has 6 nitrogen and oxygen atoms in total. The van der Waals surface area contributed by atoms with Crippen molar-refractivity contribution in [3.8, 4) is 17.3 Å². The van der Waals surface area contributed by atoms with Gasteiger partial charge in [-0.3, -0.25) is 14.8 Å². The zero-order valence-corrected chi connectivity index (χ0v) is 14.4. The second kappa shape index (κ2) is 7.90. The van der Waals surface area contributed by atoms with Gasteiger partial charge >= 0.3 is 6.18 Å². The van der Waals surface area contributed by atoms with Crippen LogP contribution in [0.1, 0.15) is 23.2 Å². The first-order valence-corrected chi connectivity index (χ1v) is 8.37. The van der Waals surface area contributed by atoms with Crippen molar-refractivity contribution in [3.63, 3.8) is 0 Å². The second-order valence-electron chi connectivity index (χ2n) is 6.22. The summed E-state index contributed by atoms with van der Waals surface area (Å²) in [5.74, 6) is -0.525. The lowest BCUT2D eigenvalue weighted by Crippen LogP contribution is -2.44. The molecule has 1 amide bonds. The number of nitriles is 1. The molecule has 2 unspecified atom stereocenters. The molecule has 1 saturated heterocycles. The maximum absolute atomic E-state index is 13.6. The van der Waals surface area contributed by atoms with Gasteiger partial charge in [0.2, 0.25) is 5.91 Å². The van der Waals surface area contributed by atoms with Crippen molar-refractivity contribution >= 4 is 5.91 Å². The molecular formula is C18H15F4N5O. The van der Waals surface area contributed by atoms with Gasteiger partial charge in [0.05, 0.1) is 11.3 Å². The monoisotopic (exact) mass is 393 g/mol. The highest BCUT2D eigenvalue weighted by Crippen LogP contribution is 2.29. The molecule has 0 aromatic carbocycles. The molecule has 28 heavy (non-hydrogen) atoms. The van der Waals surface area contributed by atoms with Gasteiger partial charge in [-0.15, -0.1) is 0 Å². The average molecular weight is 393 g/mol. The Morgan fingerprint density at radius 1 is 1.32 bits per heavy atom. The second-order valence-corrected chi connectivity index (χ2v) is 6.22. The van der Waals surface area contributed by atoms with E-state index >= 15 is 0 Å². The highest BCUT2D eigenvalue weighted by atomic mass is 19.4. The van der Waals surface area contributed by atoms with E-state index in [0.29, 0.717) is 23.4 Å².